The van der Waals surface area contributed by atoms with Gasteiger partial charge in [0.15, 0.2) is 16.3 Å². The van der Waals surface area contributed by atoms with Gasteiger partial charge in [-0.2, -0.15) is 4.99 Å². The van der Waals surface area contributed by atoms with Gasteiger partial charge in [0.2, 0.25) is 6.79 Å². The third kappa shape index (κ3) is 3.41. The van der Waals surface area contributed by atoms with E-state index in [1.54, 1.807) is 13.2 Å². The molecule has 0 fully saturated rings. The van der Waals surface area contributed by atoms with Crippen LogP contribution in [0.15, 0.2) is 48.0 Å². The summed E-state index contributed by atoms with van der Waals surface area (Å²) in [5.41, 5.74) is 2.84. The van der Waals surface area contributed by atoms with E-state index in [-0.39, 0.29) is 19.1 Å². The number of hydrogen-bond donors (Lipinski definition) is 0. The lowest BCUT2D eigenvalue weighted by molar-refractivity contribution is -0.117. The van der Waals surface area contributed by atoms with Gasteiger partial charge < -0.3 is 18.8 Å². The molecule has 3 aromatic rings. The van der Waals surface area contributed by atoms with Crippen molar-refractivity contribution in [1.29, 1.82) is 0 Å². The molecule has 0 spiro atoms. The second-order valence-electron chi connectivity index (χ2n) is 6.45. The van der Waals surface area contributed by atoms with Crippen molar-refractivity contribution in [2.75, 3.05) is 13.9 Å². The minimum absolute atomic E-state index is 0.176. The molecule has 4 rings (SSSR count). The maximum Gasteiger partial charge on any atom is 0.252 e. The molecule has 1 aliphatic heterocycles. The first-order valence-electron chi connectivity index (χ1n) is 8.84. The van der Waals surface area contributed by atoms with Gasteiger partial charge in [-0.15, -0.1) is 6.58 Å². The number of thiazole rings is 1. The molecule has 0 atom stereocenters. The highest BCUT2D eigenvalue weighted by Crippen LogP contribution is 2.37. The van der Waals surface area contributed by atoms with Crippen molar-refractivity contribution in [3.05, 3.63) is 58.9 Å². The first-order valence-corrected chi connectivity index (χ1v) is 9.65. The van der Waals surface area contributed by atoms with E-state index in [0.717, 1.165) is 21.3 Å². The molecule has 6 nitrogen and oxygen atoms in total. The van der Waals surface area contributed by atoms with Gasteiger partial charge >= 0.3 is 0 Å². The number of carbonyl (C=O) groups is 1. The summed E-state index contributed by atoms with van der Waals surface area (Å²) in [4.78, 5) is 17.7. The van der Waals surface area contributed by atoms with E-state index in [4.69, 9.17) is 14.2 Å². The molecule has 144 valence electrons. The standard InChI is InChI=1S/C21H20N2O4S/c1-4-7-23-15-10-17-18(27-12-26-17)11-19(15)28-21(23)22-20(24)9-14-8-13(2)5-6-16(14)25-3/h4-6,8,10-11H,1,7,9,12H2,2-3H3. The molecule has 0 radical (unpaired) electrons. The number of aryl methyl sites for hydroxylation is 1. The fraction of sp³-hybridized carbons (Fsp3) is 0.238. The number of rotatable bonds is 5. The average Bonchev–Trinajstić information content (AvgIpc) is 3.24. The Labute approximate surface area is 166 Å². The van der Waals surface area contributed by atoms with Crippen molar-refractivity contribution in [3.63, 3.8) is 0 Å². The van der Waals surface area contributed by atoms with Gasteiger partial charge in [0, 0.05) is 24.2 Å². The number of aromatic nitrogens is 1. The molecule has 2 heterocycles. The molecule has 0 aliphatic carbocycles. The smallest absolute Gasteiger partial charge is 0.252 e. The Hall–Kier alpha value is -3.06. The lowest BCUT2D eigenvalue weighted by atomic mass is 10.1. The fourth-order valence-electron chi connectivity index (χ4n) is 3.21. The largest absolute Gasteiger partial charge is 0.496 e. The molecule has 0 saturated heterocycles. The van der Waals surface area contributed by atoms with Crippen LogP contribution >= 0.6 is 11.3 Å². The van der Waals surface area contributed by atoms with E-state index < -0.39 is 0 Å². The van der Waals surface area contributed by atoms with Gasteiger partial charge in [0.1, 0.15) is 5.75 Å². The number of hydrogen-bond acceptors (Lipinski definition) is 5. The van der Waals surface area contributed by atoms with Crippen LogP contribution in [0.25, 0.3) is 10.2 Å². The van der Waals surface area contributed by atoms with E-state index in [1.807, 2.05) is 41.8 Å². The second kappa shape index (κ2) is 7.52. The average molecular weight is 396 g/mol. The van der Waals surface area contributed by atoms with Crippen LogP contribution in [0.5, 0.6) is 17.2 Å². The third-order valence-corrected chi connectivity index (χ3v) is 5.53. The monoisotopic (exact) mass is 396 g/mol. The molecule has 0 saturated carbocycles. The molecule has 28 heavy (non-hydrogen) atoms. The Balaban J connectivity index is 1.74. The Morgan fingerprint density at radius 1 is 1.32 bits per heavy atom. The summed E-state index contributed by atoms with van der Waals surface area (Å²) in [5.74, 6) is 1.87. The number of allylic oxidation sites excluding steroid dienone is 1. The maximum atomic E-state index is 12.7. The zero-order chi connectivity index (χ0) is 19.7. The minimum atomic E-state index is -0.228. The number of ether oxygens (including phenoxy) is 3. The SMILES string of the molecule is C=CCn1c(=NC(=O)Cc2cc(C)ccc2OC)sc2cc3c(cc21)OCO3. The van der Waals surface area contributed by atoms with Crippen molar-refractivity contribution >= 4 is 27.5 Å². The van der Waals surface area contributed by atoms with Crippen molar-refractivity contribution in [2.24, 2.45) is 4.99 Å². The number of fused-ring (bicyclic) bond motifs is 2. The minimum Gasteiger partial charge on any atom is -0.496 e. The maximum absolute atomic E-state index is 12.7. The van der Waals surface area contributed by atoms with E-state index in [0.29, 0.717) is 28.6 Å². The molecule has 0 unspecified atom stereocenters. The highest BCUT2D eigenvalue weighted by atomic mass is 32.1. The zero-order valence-corrected chi connectivity index (χ0v) is 16.5. The van der Waals surface area contributed by atoms with E-state index in [1.165, 1.54) is 11.3 Å². The normalized spacial score (nSPS) is 13.1. The van der Waals surface area contributed by atoms with E-state index >= 15 is 0 Å². The topological polar surface area (TPSA) is 62.1 Å². The summed E-state index contributed by atoms with van der Waals surface area (Å²) in [5, 5.41) is 0. The Morgan fingerprint density at radius 2 is 2.11 bits per heavy atom. The summed E-state index contributed by atoms with van der Waals surface area (Å²) < 4.78 is 19.2. The van der Waals surface area contributed by atoms with Crippen molar-refractivity contribution in [2.45, 2.75) is 19.9 Å². The van der Waals surface area contributed by atoms with Gasteiger partial charge in [0.05, 0.1) is 23.7 Å². The van der Waals surface area contributed by atoms with E-state index in [2.05, 4.69) is 11.6 Å². The summed E-state index contributed by atoms with van der Waals surface area (Å²) in [6, 6.07) is 9.63. The zero-order valence-electron chi connectivity index (χ0n) is 15.7. The van der Waals surface area contributed by atoms with Crippen LogP contribution in [0.3, 0.4) is 0 Å². The molecule has 0 bridgehead atoms. The van der Waals surface area contributed by atoms with Crippen LogP contribution in [0.1, 0.15) is 11.1 Å². The lowest BCUT2D eigenvalue weighted by Crippen LogP contribution is -2.17. The highest BCUT2D eigenvalue weighted by molar-refractivity contribution is 7.16. The molecule has 1 aliphatic rings. The highest BCUT2D eigenvalue weighted by Gasteiger charge is 2.18. The van der Waals surface area contributed by atoms with Crippen LogP contribution in [-0.2, 0) is 17.8 Å². The number of amides is 1. The fourth-order valence-corrected chi connectivity index (χ4v) is 4.27. The van der Waals surface area contributed by atoms with Gasteiger partial charge in [-0.05, 0) is 13.0 Å². The molecular weight excluding hydrogens is 376 g/mol. The Bertz CT molecular complexity index is 1140. The molecular formula is C21H20N2O4S. The van der Waals surface area contributed by atoms with Crippen LogP contribution in [0.2, 0.25) is 0 Å². The summed E-state index contributed by atoms with van der Waals surface area (Å²) in [6.45, 7) is 6.57. The number of carbonyl (C=O) groups excluding carboxylic acids is 1. The van der Waals surface area contributed by atoms with Crippen LogP contribution in [-0.4, -0.2) is 24.4 Å². The summed E-state index contributed by atoms with van der Waals surface area (Å²) >= 11 is 1.44. The quantitative estimate of drug-likeness (QED) is 0.618. The predicted molar refractivity (Wildman–Crippen MR) is 108 cm³/mol. The number of methoxy groups -OCH3 is 1. The van der Waals surface area contributed by atoms with Gasteiger partial charge in [-0.25, -0.2) is 0 Å². The Kier molecular flexibility index (Phi) is 4.92. The lowest BCUT2D eigenvalue weighted by Gasteiger charge is -2.07. The Morgan fingerprint density at radius 3 is 2.86 bits per heavy atom. The molecule has 7 heteroatoms. The van der Waals surface area contributed by atoms with Crippen molar-refractivity contribution < 1.29 is 19.0 Å². The summed E-state index contributed by atoms with van der Waals surface area (Å²) in [6.07, 6.45) is 1.96. The predicted octanol–water partition coefficient (Wildman–Crippen LogP) is 3.60. The first-order chi connectivity index (χ1) is 13.6. The first kappa shape index (κ1) is 18.3. The van der Waals surface area contributed by atoms with Crippen LogP contribution in [0.4, 0.5) is 0 Å². The third-order valence-electron chi connectivity index (χ3n) is 4.49. The number of benzene rings is 2. The van der Waals surface area contributed by atoms with Gasteiger partial charge in [-0.1, -0.05) is 35.1 Å². The second-order valence-corrected chi connectivity index (χ2v) is 7.46. The van der Waals surface area contributed by atoms with Crippen molar-refractivity contribution in [1.82, 2.24) is 4.57 Å². The molecule has 2 aromatic carbocycles. The van der Waals surface area contributed by atoms with Crippen molar-refractivity contribution in [3.8, 4) is 17.2 Å². The van der Waals surface area contributed by atoms with E-state index in [9.17, 15) is 4.79 Å². The summed E-state index contributed by atoms with van der Waals surface area (Å²) in [7, 11) is 1.60. The molecule has 1 aromatic heterocycles. The van der Waals surface area contributed by atoms with Gasteiger partial charge in [0.25, 0.3) is 5.91 Å². The van der Waals surface area contributed by atoms with Crippen LogP contribution in [0, 0.1) is 6.92 Å². The number of nitrogens with zero attached hydrogens (tertiary/aromatic N) is 2. The molecule has 1 amide bonds. The van der Waals surface area contributed by atoms with Gasteiger partial charge in [-0.3, -0.25) is 4.79 Å². The van der Waals surface area contributed by atoms with Crippen LogP contribution < -0.4 is 19.0 Å². The molecule has 0 N–H and O–H groups in total.